The van der Waals surface area contributed by atoms with Gasteiger partial charge < -0.3 is 9.84 Å². The fourth-order valence-corrected chi connectivity index (χ4v) is 1.10. The van der Waals surface area contributed by atoms with E-state index in [0.29, 0.717) is 12.2 Å². The van der Waals surface area contributed by atoms with Crippen molar-refractivity contribution < 1.29 is 19.0 Å². The highest BCUT2D eigenvalue weighted by Crippen LogP contribution is 2.18. The van der Waals surface area contributed by atoms with E-state index in [-0.39, 0.29) is 12.2 Å². The van der Waals surface area contributed by atoms with Gasteiger partial charge >= 0.3 is 5.97 Å². The van der Waals surface area contributed by atoms with E-state index in [1.807, 2.05) is 0 Å². The molecular formula is C10H11FO3. The van der Waals surface area contributed by atoms with Gasteiger partial charge in [-0.3, -0.25) is 4.79 Å². The Labute approximate surface area is 81.1 Å². The molecule has 0 saturated heterocycles. The van der Waals surface area contributed by atoms with Crippen molar-refractivity contribution in [3.05, 3.63) is 29.6 Å². The normalized spacial score (nSPS) is 9.86. The summed E-state index contributed by atoms with van der Waals surface area (Å²) < 4.78 is 18.1. The summed E-state index contributed by atoms with van der Waals surface area (Å²) in [6.45, 7) is 2.14. The zero-order chi connectivity index (χ0) is 10.6. The molecule has 0 atom stereocenters. The molecule has 0 heterocycles. The molecule has 0 aliphatic carbocycles. The quantitative estimate of drug-likeness (QED) is 0.803. The third-order valence-electron chi connectivity index (χ3n) is 1.65. The number of carboxylic acids is 1. The van der Waals surface area contributed by atoms with Crippen molar-refractivity contribution in [1.82, 2.24) is 0 Å². The van der Waals surface area contributed by atoms with Gasteiger partial charge in [0, 0.05) is 0 Å². The highest BCUT2D eigenvalue weighted by molar-refractivity contribution is 5.70. The van der Waals surface area contributed by atoms with Gasteiger partial charge in [-0.25, -0.2) is 4.39 Å². The molecule has 0 aliphatic heterocycles. The minimum Gasteiger partial charge on any atom is -0.491 e. The van der Waals surface area contributed by atoms with Crippen molar-refractivity contribution in [1.29, 1.82) is 0 Å². The van der Waals surface area contributed by atoms with Crippen LogP contribution >= 0.6 is 0 Å². The fraction of sp³-hybridized carbons (Fsp3) is 0.300. The summed E-state index contributed by atoms with van der Waals surface area (Å²) in [5.74, 6) is -1.35. The maximum absolute atomic E-state index is 13.2. The Hall–Kier alpha value is -1.58. The first-order chi connectivity index (χ1) is 6.63. The summed E-state index contributed by atoms with van der Waals surface area (Å²) >= 11 is 0. The summed E-state index contributed by atoms with van der Waals surface area (Å²) in [6, 6.07) is 4.17. The van der Waals surface area contributed by atoms with Crippen LogP contribution in [0.3, 0.4) is 0 Å². The molecule has 4 heteroatoms. The number of carboxylic acid groups (broad SMARTS) is 1. The number of benzene rings is 1. The van der Waals surface area contributed by atoms with Gasteiger partial charge in [-0.15, -0.1) is 0 Å². The van der Waals surface area contributed by atoms with Crippen molar-refractivity contribution >= 4 is 5.97 Å². The van der Waals surface area contributed by atoms with Crippen LogP contribution in [0.4, 0.5) is 4.39 Å². The molecule has 1 rings (SSSR count). The number of ether oxygens (including phenoxy) is 1. The first kappa shape index (κ1) is 10.5. The molecule has 1 aromatic rings. The molecule has 1 aromatic carbocycles. The lowest BCUT2D eigenvalue weighted by Crippen LogP contribution is -2.01. The Kier molecular flexibility index (Phi) is 3.45. The second-order valence-electron chi connectivity index (χ2n) is 2.77. The molecular weight excluding hydrogens is 187 g/mol. The summed E-state index contributed by atoms with van der Waals surface area (Å²) in [6.07, 6.45) is -0.177. The largest absolute Gasteiger partial charge is 0.491 e. The van der Waals surface area contributed by atoms with Crippen LogP contribution in [0.25, 0.3) is 0 Å². The number of halogens is 1. The van der Waals surface area contributed by atoms with Gasteiger partial charge in [0.2, 0.25) is 0 Å². The summed E-state index contributed by atoms with van der Waals surface area (Å²) in [5.41, 5.74) is 0.429. The third-order valence-corrected chi connectivity index (χ3v) is 1.65. The van der Waals surface area contributed by atoms with E-state index in [9.17, 15) is 9.18 Å². The summed E-state index contributed by atoms with van der Waals surface area (Å²) in [4.78, 5) is 10.3. The molecule has 0 bridgehead atoms. The molecule has 14 heavy (non-hydrogen) atoms. The van der Waals surface area contributed by atoms with Gasteiger partial charge in [0.05, 0.1) is 13.0 Å². The monoisotopic (exact) mass is 198 g/mol. The van der Waals surface area contributed by atoms with Gasteiger partial charge in [-0.05, 0) is 24.6 Å². The Balaban J connectivity index is 2.83. The minimum atomic E-state index is -0.978. The van der Waals surface area contributed by atoms with Crippen molar-refractivity contribution in [2.75, 3.05) is 6.61 Å². The molecule has 1 N–H and O–H groups in total. The minimum absolute atomic E-state index is 0.154. The van der Waals surface area contributed by atoms with E-state index >= 15 is 0 Å². The van der Waals surface area contributed by atoms with E-state index < -0.39 is 11.8 Å². The third kappa shape index (κ3) is 2.73. The van der Waals surface area contributed by atoms with Gasteiger partial charge in [0.15, 0.2) is 11.6 Å². The van der Waals surface area contributed by atoms with Crippen LogP contribution in [0.15, 0.2) is 18.2 Å². The maximum Gasteiger partial charge on any atom is 0.307 e. The summed E-state index contributed by atoms with van der Waals surface area (Å²) in [5, 5.41) is 8.48. The molecule has 0 aliphatic rings. The molecule has 0 spiro atoms. The van der Waals surface area contributed by atoms with Crippen LogP contribution < -0.4 is 4.74 Å². The van der Waals surface area contributed by atoms with Crippen molar-refractivity contribution in [3.63, 3.8) is 0 Å². The zero-order valence-electron chi connectivity index (χ0n) is 7.79. The van der Waals surface area contributed by atoms with Gasteiger partial charge in [0.25, 0.3) is 0 Å². The SMILES string of the molecule is CCOc1ccc(CC(=O)O)cc1F. The predicted molar refractivity (Wildman–Crippen MR) is 48.9 cm³/mol. The smallest absolute Gasteiger partial charge is 0.307 e. The molecule has 76 valence electrons. The number of rotatable bonds is 4. The second-order valence-corrected chi connectivity index (χ2v) is 2.77. The lowest BCUT2D eigenvalue weighted by Gasteiger charge is -2.05. The highest BCUT2D eigenvalue weighted by atomic mass is 19.1. The lowest BCUT2D eigenvalue weighted by molar-refractivity contribution is -0.136. The molecule has 0 unspecified atom stereocenters. The first-order valence-corrected chi connectivity index (χ1v) is 4.26. The average Bonchev–Trinajstić information content (AvgIpc) is 2.09. The Morgan fingerprint density at radius 1 is 1.57 bits per heavy atom. The summed E-state index contributed by atoms with van der Waals surface area (Å²) in [7, 11) is 0. The van der Waals surface area contributed by atoms with E-state index in [1.54, 1.807) is 13.0 Å². The van der Waals surface area contributed by atoms with Crippen LogP contribution in [0, 0.1) is 5.82 Å². The molecule has 0 aromatic heterocycles. The molecule has 3 nitrogen and oxygen atoms in total. The average molecular weight is 198 g/mol. The second kappa shape index (κ2) is 4.60. The van der Waals surface area contributed by atoms with Crippen molar-refractivity contribution in [2.45, 2.75) is 13.3 Å². The fourth-order valence-electron chi connectivity index (χ4n) is 1.10. The van der Waals surface area contributed by atoms with Crippen LogP contribution in [-0.2, 0) is 11.2 Å². The Bertz CT molecular complexity index is 336. The van der Waals surface area contributed by atoms with Gasteiger partial charge in [-0.1, -0.05) is 6.07 Å². The van der Waals surface area contributed by atoms with E-state index in [0.717, 1.165) is 0 Å². The van der Waals surface area contributed by atoms with E-state index in [4.69, 9.17) is 9.84 Å². The number of hydrogen-bond acceptors (Lipinski definition) is 2. The van der Waals surface area contributed by atoms with E-state index in [2.05, 4.69) is 0 Å². The number of carbonyl (C=O) groups is 1. The topological polar surface area (TPSA) is 46.5 Å². The van der Waals surface area contributed by atoms with Crippen LogP contribution in [0.1, 0.15) is 12.5 Å². The Morgan fingerprint density at radius 3 is 2.79 bits per heavy atom. The molecule has 0 fully saturated rings. The van der Waals surface area contributed by atoms with Crippen molar-refractivity contribution in [2.24, 2.45) is 0 Å². The lowest BCUT2D eigenvalue weighted by atomic mass is 10.1. The molecule has 0 saturated carbocycles. The standard InChI is InChI=1S/C10H11FO3/c1-2-14-9-4-3-7(5-8(9)11)6-10(12)13/h3-5H,2,6H2,1H3,(H,12,13). The molecule has 0 radical (unpaired) electrons. The maximum atomic E-state index is 13.2. The predicted octanol–water partition coefficient (Wildman–Crippen LogP) is 1.85. The van der Waals surface area contributed by atoms with E-state index in [1.165, 1.54) is 12.1 Å². The van der Waals surface area contributed by atoms with Crippen molar-refractivity contribution in [3.8, 4) is 5.75 Å². The molecule has 0 amide bonds. The van der Waals surface area contributed by atoms with Crippen LogP contribution in [0.2, 0.25) is 0 Å². The number of hydrogen-bond donors (Lipinski definition) is 1. The van der Waals surface area contributed by atoms with Crippen LogP contribution in [-0.4, -0.2) is 17.7 Å². The van der Waals surface area contributed by atoms with Gasteiger partial charge in [-0.2, -0.15) is 0 Å². The van der Waals surface area contributed by atoms with Gasteiger partial charge in [0.1, 0.15) is 0 Å². The first-order valence-electron chi connectivity index (χ1n) is 4.26. The number of aliphatic carboxylic acids is 1. The Morgan fingerprint density at radius 2 is 2.29 bits per heavy atom. The highest BCUT2D eigenvalue weighted by Gasteiger charge is 2.06. The van der Waals surface area contributed by atoms with Crippen LogP contribution in [0.5, 0.6) is 5.75 Å². The zero-order valence-corrected chi connectivity index (χ0v) is 7.79.